The van der Waals surface area contributed by atoms with E-state index in [1.165, 1.54) is 11.1 Å². The van der Waals surface area contributed by atoms with Gasteiger partial charge >= 0.3 is 0 Å². The third kappa shape index (κ3) is 3.25. The van der Waals surface area contributed by atoms with Crippen molar-refractivity contribution in [2.75, 3.05) is 5.75 Å². The van der Waals surface area contributed by atoms with Gasteiger partial charge in [0.05, 0.1) is 6.10 Å². The van der Waals surface area contributed by atoms with Crippen molar-refractivity contribution < 1.29 is 5.11 Å². The zero-order valence-corrected chi connectivity index (χ0v) is 13.1. The Hall–Kier alpha value is -0.120. The smallest absolute Gasteiger partial charge is 0.0916 e. The molecule has 0 spiro atoms. The molecule has 0 aromatic heterocycles. The standard InChI is InChI=1S/C15H22OS2/c1-9-5-10(2)7-13(6-9)15(16)14-8-17-11(3)12(4)18-14/h5-7,11-12,14-16H,8H2,1-4H3. The molecule has 1 heterocycles. The van der Waals surface area contributed by atoms with Crippen LogP contribution in [0.25, 0.3) is 0 Å². The van der Waals surface area contributed by atoms with E-state index in [2.05, 4.69) is 45.9 Å². The number of thioether (sulfide) groups is 2. The van der Waals surface area contributed by atoms with Gasteiger partial charge in [-0.3, -0.25) is 0 Å². The van der Waals surface area contributed by atoms with Crippen molar-refractivity contribution in [3.8, 4) is 0 Å². The van der Waals surface area contributed by atoms with Crippen molar-refractivity contribution in [2.24, 2.45) is 0 Å². The van der Waals surface area contributed by atoms with Crippen molar-refractivity contribution >= 4 is 23.5 Å². The van der Waals surface area contributed by atoms with Gasteiger partial charge in [-0.25, -0.2) is 0 Å². The highest BCUT2D eigenvalue weighted by Gasteiger charge is 2.31. The minimum atomic E-state index is -0.337. The predicted molar refractivity (Wildman–Crippen MR) is 83.6 cm³/mol. The molecule has 0 aliphatic carbocycles. The lowest BCUT2D eigenvalue weighted by Gasteiger charge is -2.34. The van der Waals surface area contributed by atoms with Crippen molar-refractivity contribution in [1.82, 2.24) is 0 Å². The topological polar surface area (TPSA) is 20.2 Å². The summed E-state index contributed by atoms with van der Waals surface area (Å²) in [6, 6.07) is 6.39. The highest BCUT2D eigenvalue weighted by atomic mass is 32.2. The average Bonchev–Trinajstić information content (AvgIpc) is 2.30. The predicted octanol–water partition coefficient (Wildman–Crippen LogP) is 3.96. The number of aliphatic hydroxyl groups is 1. The van der Waals surface area contributed by atoms with Gasteiger partial charge in [0.25, 0.3) is 0 Å². The van der Waals surface area contributed by atoms with E-state index in [0.717, 1.165) is 11.3 Å². The maximum atomic E-state index is 10.6. The molecule has 18 heavy (non-hydrogen) atoms. The molecule has 4 atom stereocenters. The summed E-state index contributed by atoms with van der Waals surface area (Å²) >= 11 is 3.92. The maximum Gasteiger partial charge on any atom is 0.0916 e. The monoisotopic (exact) mass is 282 g/mol. The first-order valence-corrected chi connectivity index (χ1v) is 8.50. The van der Waals surface area contributed by atoms with Crippen molar-refractivity contribution in [2.45, 2.75) is 49.5 Å². The number of aryl methyl sites for hydroxylation is 2. The lowest BCUT2D eigenvalue weighted by atomic mass is 10.0. The Morgan fingerprint density at radius 2 is 1.72 bits per heavy atom. The third-order valence-electron chi connectivity index (χ3n) is 3.51. The van der Waals surface area contributed by atoms with Gasteiger partial charge in [-0.1, -0.05) is 43.2 Å². The number of aliphatic hydroxyl groups excluding tert-OH is 1. The van der Waals surface area contributed by atoms with Gasteiger partial charge in [-0.05, 0) is 19.4 Å². The molecule has 0 saturated carbocycles. The van der Waals surface area contributed by atoms with Gasteiger partial charge in [-0.2, -0.15) is 23.5 Å². The first-order valence-electron chi connectivity index (χ1n) is 6.50. The second kappa shape index (κ2) is 5.89. The normalized spacial score (nSPS) is 30.2. The van der Waals surface area contributed by atoms with E-state index >= 15 is 0 Å². The van der Waals surface area contributed by atoms with Gasteiger partial charge < -0.3 is 5.11 Å². The summed E-state index contributed by atoms with van der Waals surface area (Å²) in [5, 5.41) is 12.2. The molecule has 1 saturated heterocycles. The Labute approximate surface area is 119 Å². The van der Waals surface area contributed by atoms with Crippen LogP contribution in [0.5, 0.6) is 0 Å². The molecule has 1 aliphatic heterocycles. The molecule has 1 N–H and O–H groups in total. The first-order chi connectivity index (χ1) is 8.47. The Morgan fingerprint density at radius 3 is 2.28 bits per heavy atom. The van der Waals surface area contributed by atoms with E-state index < -0.39 is 0 Å². The maximum absolute atomic E-state index is 10.6. The number of benzene rings is 1. The van der Waals surface area contributed by atoms with Crippen molar-refractivity contribution in [3.63, 3.8) is 0 Å². The lowest BCUT2D eigenvalue weighted by Crippen LogP contribution is -2.30. The summed E-state index contributed by atoms with van der Waals surface area (Å²) in [4.78, 5) is 0. The molecule has 0 radical (unpaired) electrons. The Bertz CT molecular complexity index is 399. The minimum absolute atomic E-state index is 0.322. The molecule has 0 bridgehead atoms. The summed E-state index contributed by atoms with van der Waals surface area (Å²) < 4.78 is 0. The minimum Gasteiger partial charge on any atom is -0.387 e. The Morgan fingerprint density at radius 1 is 1.11 bits per heavy atom. The van der Waals surface area contributed by atoms with Gasteiger partial charge in [0.1, 0.15) is 0 Å². The highest BCUT2D eigenvalue weighted by molar-refractivity contribution is 8.07. The van der Waals surface area contributed by atoms with Crippen LogP contribution in [0.1, 0.15) is 36.6 Å². The summed E-state index contributed by atoms with van der Waals surface area (Å²) in [6.07, 6.45) is -0.337. The molecule has 1 fully saturated rings. The van der Waals surface area contributed by atoms with Crippen LogP contribution in [0.2, 0.25) is 0 Å². The van der Waals surface area contributed by atoms with Crippen LogP contribution in [-0.2, 0) is 0 Å². The van der Waals surface area contributed by atoms with Gasteiger partial charge in [0.2, 0.25) is 0 Å². The number of hydrogen-bond donors (Lipinski definition) is 1. The molecule has 2 rings (SSSR count). The van der Waals surface area contributed by atoms with E-state index in [1.807, 2.05) is 23.5 Å². The Kier molecular flexibility index (Phi) is 4.68. The molecule has 1 aromatic rings. The molecule has 3 heteroatoms. The van der Waals surface area contributed by atoms with Gasteiger partial charge in [-0.15, -0.1) is 0 Å². The fourth-order valence-electron chi connectivity index (χ4n) is 2.37. The van der Waals surface area contributed by atoms with E-state index in [0.29, 0.717) is 15.7 Å². The summed E-state index contributed by atoms with van der Waals surface area (Å²) in [6.45, 7) is 8.73. The second-order valence-electron chi connectivity index (χ2n) is 5.28. The molecule has 4 unspecified atom stereocenters. The van der Waals surface area contributed by atoms with E-state index in [-0.39, 0.29) is 6.10 Å². The molecule has 1 aromatic carbocycles. The van der Waals surface area contributed by atoms with Crippen LogP contribution in [0, 0.1) is 13.8 Å². The summed E-state index contributed by atoms with van der Waals surface area (Å²) in [5.41, 5.74) is 3.55. The largest absolute Gasteiger partial charge is 0.387 e. The van der Waals surface area contributed by atoms with E-state index in [4.69, 9.17) is 0 Å². The lowest BCUT2D eigenvalue weighted by molar-refractivity contribution is 0.180. The van der Waals surface area contributed by atoms with Crippen LogP contribution in [0.15, 0.2) is 18.2 Å². The number of rotatable bonds is 2. The quantitative estimate of drug-likeness (QED) is 0.886. The van der Waals surface area contributed by atoms with Crippen LogP contribution >= 0.6 is 23.5 Å². The van der Waals surface area contributed by atoms with E-state index in [1.54, 1.807) is 0 Å². The molecule has 0 amide bonds. The zero-order valence-electron chi connectivity index (χ0n) is 11.5. The first kappa shape index (κ1) is 14.3. The second-order valence-corrected chi connectivity index (χ2v) is 8.32. The van der Waals surface area contributed by atoms with Crippen molar-refractivity contribution in [3.05, 3.63) is 34.9 Å². The SMILES string of the molecule is Cc1cc(C)cc(C(O)C2CSC(C)C(C)S2)c1. The molecular weight excluding hydrogens is 260 g/mol. The van der Waals surface area contributed by atoms with Gasteiger partial charge in [0.15, 0.2) is 0 Å². The third-order valence-corrected chi connectivity index (χ3v) is 6.99. The highest BCUT2D eigenvalue weighted by Crippen LogP contribution is 2.41. The van der Waals surface area contributed by atoms with Crippen LogP contribution in [0.4, 0.5) is 0 Å². The fourth-order valence-corrected chi connectivity index (χ4v) is 5.37. The molecule has 1 nitrogen and oxygen atoms in total. The van der Waals surface area contributed by atoms with Gasteiger partial charge in [0, 0.05) is 21.5 Å². The summed E-state index contributed by atoms with van der Waals surface area (Å²) in [7, 11) is 0. The molecule has 100 valence electrons. The molecule has 1 aliphatic rings. The summed E-state index contributed by atoms with van der Waals surface area (Å²) in [5.74, 6) is 1.05. The Balaban J connectivity index is 2.13. The fraction of sp³-hybridized carbons (Fsp3) is 0.600. The average molecular weight is 282 g/mol. The van der Waals surface area contributed by atoms with Crippen LogP contribution in [0.3, 0.4) is 0 Å². The van der Waals surface area contributed by atoms with Crippen LogP contribution in [-0.4, -0.2) is 26.6 Å². The zero-order chi connectivity index (χ0) is 13.3. The number of hydrogen-bond acceptors (Lipinski definition) is 3. The van der Waals surface area contributed by atoms with E-state index in [9.17, 15) is 5.11 Å². The van der Waals surface area contributed by atoms with Crippen molar-refractivity contribution in [1.29, 1.82) is 0 Å². The molecular formula is C15H22OS2. The van der Waals surface area contributed by atoms with Crippen LogP contribution < -0.4 is 0 Å².